The molecule has 9 heteroatoms. The molecule has 3 aromatic rings. The molecule has 41 heavy (non-hydrogen) atoms. The van der Waals surface area contributed by atoms with E-state index >= 15 is 0 Å². The van der Waals surface area contributed by atoms with E-state index in [-0.39, 0.29) is 18.6 Å². The molecular weight excluding hydrogens is 526 g/mol. The first-order valence-electron chi connectivity index (χ1n) is 13.9. The Morgan fingerprint density at radius 3 is 2.46 bits per heavy atom. The molecule has 9 nitrogen and oxygen atoms in total. The summed E-state index contributed by atoms with van der Waals surface area (Å²) in [5, 5.41) is 21.9. The number of aliphatic hydroxyl groups excluding tert-OH is 2. The molecular formula is C32H35NO8. The van der Waals surface area contributed by atoms with Gasteiger partial charge in [0.2, 0.25) is 0 Å². The van der Waals surface area contributed by atoms with Gasteiger partial charge in [0.25, 0.3) is 0 Å². The molecule has 0 spiro atoms. The number of fused-ring (bicyclic) bond motifs is 5. The second kappa shape index (κ2) is 10.5. The Morgan fingerprint density at radius 1 is 1.02 bits per heavy atom. The maximum absolute atomic E-state index is 12.8. The molecule has 6 atom stereocenters. The number of nitrogens with one attached hydrogen (secondary N) is 1. The number of carbonyl (C=O) groups excluding carboxylic acids is 1. The maximum Gasteiger partial charge on any atom is 0.407 e. The Hall–Kier alpha value is -3.95. The van der Waals surface area contributed by atoms with Gasteiger partial charge in [-0.1, -0.05) is 42.5 Å². The van der Waals surface area contributed by atoms with Crippen LogP contribution in [0.1, 0.15) is 42.4 Å². The van der Waals surface area contributed by atoms with Crippen molar-refractivity contribution in [3.05, 3.63) is 83.4 Å². The minimum Gasteiger partial charge on any atom is -0.497 e. The number of rotatable bonds is 10. The molecule has 216 valence electrons. The fourth-order valence-corrected chi connectivity index (χ4v) is 7.11. The van der Waals surface area contributed by atoms with E-state index in [0.29, 0.717) is 36.7 Å². The van der Waals surface area contributed by atoms with Crippen LogP contribution in [0.2, 0.25) is 0 Å². The lowest BCUT2D eigenvalue weighted by molar-refractivity contribution is -0.00931. The number of methoxy groups -OCH3 is 2. The molecule has 1 aliphatic carbocycles. The Kier molecular flexibility index (Phi) is 6.95. The van der Waals surface area contributed by atoms with Crippen LogP contribution < -0.4 is 24.3 Å². The molecule has 6 rings (SSSR count). The zero-order valence-corrected chi connectivity index (χ0v) is 23.3. The van der Waals surface area contributed by atoms with Crippen LogP contribution in [0.3, 0.4) is 0 Å². The van der Waals surface area contributed by atoms with Crippen LogP contribution in [0.5, 0.6) is 23.0 Å². The summed E-state index contributed by atoms with van der Waals surface area (Å²) in [5.74, 6) is 2.14. The van der Waals surface area contributed by atoms with Crippen molar-refractivity contribution in [1.82, 2.24) is 5.32 Å². The second-order valence-electron chi connectivity index (χ2n) is 11.0. The summed E-state index contributed by atoms with van der Waals surface area (Å²) in [4.78, 5) is 12.8. The fraction of sp³-hybridized carbons (Fsp3) is 0.406. The Balaban J connectivity index is 1.51. The van der Waals surface area contributed by atoms with Crippen LogP contribution in [0, 0.1) is 0 Å². The average molecular weight is 562 g/mol. The quantitative estimate of drug-likeness (QED) is 0.318. The summed E-state index contributed by atoms with van der Waals surface area (Å²) in [6.45, 7) is 2.15. The molecule has 0 bridgehead atoms. The van der Waals surface area contributed by atoms with Crippen molar-refractivity contribution in [3.8, 4) is 23.0 Å². The Labute approximate surface area is 239 Å². The lowest BCUT2D eigenvalue weighted by Gasteiger charge is -2.42. The fourth-order valence-electron chi connectivity index (χ4n) is 7.11. The van der Waals surface area contributed by atoms with Gasteiger partial charge in [-0.2, -0.15) is 0 Å². The van der Waals surface area contributed by atoms with Crippen molar-refractivity contribution < 1.29 is 38.7 Å². The minimum absolute atomic E-state index is 0.281. The lowest BCUT2D eigenvalue weighted by Crippen LogP contribution is -2.51. The van der Waals surface area contributed by atoms with Gasteiger partial charge in [0.05, 0.1) is 56.5 Å². The smallest absolute Gasteiger partial charge is 0.407 e. The van der Waals surface area contributed by atoms with E-state index < -0.39 is 29.3 Å². The molecule has 0 radical (unpaired) electrons. The lowest BCUT2D eigenvalue weighted by atomic mass is 9.64. The first-order valence-corrected chi connectivity index (χ1v) is 13.9. The Bertz CT molecular complexity index is 1410. The summed E-state index contributed by atoms with van der Waals surface area (Å²) < 4.78 is 30.7. The van der Waals surface area contributed by atoms with Crippen LogP contribution in [-0.2, 0) is 15.8 Å². The highest BCUT2D eigenvalue weighted by molar-refractivity contribution is 5.74. The van der Waals surface area contributed by atoms with Crippen molar-refractivity contribution in [1.29, 1.82) is 0 Å². The third kappa shape index (κ3) is 4.09. The largest absolute Gasteiger partial charge is 0.497 e. The molecule has 2 fully saturated rings. The maximum atomic E-state index is 12.8. The van der Waals surface area contributed by atoms with Crippen molar-refractivity contribution in [2.45, 2.75) is 54.9 Å². The van der Waals surface area contributed by atoms with Crippen molar-refractivity contribution in [3.63, 3.8) is 0 Å². The van der Waals surface area contributed by atoms with Gasteiger partial charge < -0.3 is 39.2 Å². The number of ether oxygens (including phenoxy) is 5. The second-order valence-corrected chi connectivity index (χ2v) is 11.0. The van der Waals surface area contributed by atoms with Gasteiger partial charge in [-0.15, -0.1) is 0 Å². The SMILES string of the molecule is COc1ccc([C@@]23Oc4cc(OCCCC(O)CO)cc(OC)c4[C@]2(C)[C@@H]2OC(=O)N[C@@H]2[C@H]3c2ccccc2)cc1. The highest BCUT2D eigenvalue weighted by Gasteiger charge is 2.78. The number of hydrogen-bond acceptors (Lipinski definition) is 8. The van der Waals surface area contributed by atoms with E-state index in [9.17, 15) is 9.90 Å². The zero-order chi connectivity index (χ0) is 28.8. The van der Waals surface area contributed by atoms with Crippen molar-refractivity contribution in [2.24, 2.45) is 0 Å². The number of alkyl carbamates (subject to hydrolysis) is 1. The third-order valence-corrected chi connectivity index (χ3v) is 8.87. The zero-order valence-electron chi connectivity index (χ0n) is 23.3. The van der Waals surface area contributed by atoms with E-state index in [1.54, 1.807) is 14.2 Å². The number of hydrogen-bond donors (Lipinski definition) is 3. The molecule has 1 amide bonds. The van der Waals surface area contributed by atoms with Gasteiger partial charge in [0.15, 0.2) is 5.60 Å². The summed E-state index contributed by atoms with van der Waals surface area (Å²) >= 11 is 0. The standard InChI is InChI=1S/C32H35NO8/c1-31-27-24(38-3)16-23(39-15-7-10-21(35)18-34)17-25(27)41-32(31,20-11-13-22(37-2)14-12-20)26(19-8-5-4-6-9-19)28-29(31)40-30(36)33-28/h4-6,8-9,11-14,16-17,21,26,28-29,34-35H,7,10,15,18H2,1-3H3,(H,33,36)/t21?,26-,28-,29-,31-,32+/m1/s1. The molecule has 1 saturated carbocycles. The highest BCUT2D eigenvalue weighted by Crippen LogP contribution is 2.70. The molecule has 0 aromatic heterocycles. The molecule has 2 aliphatic heterocycles. The molecule has 3 N–H and O–H groups in total. The van der Waals surface area contributed by atoms with E-state index in [4.69, 9.17) is 28.8 Å². The number of aliphatic hydroxyl groups is 2. The summed E-state index contributed by atoms with van der Waals surface area (Å²) in [6, 6.07) is 21.2. The van der Waals surface area contributed by atoms with E-state index in [2.05, 4.69) is 24.4 Å². The molecule has 1 saturated heterocycles. The molecule has 3 aromatic carbocycles. The monoisotopic (exact) mass is 561 g/mol. The van der Waals surface area contributed by atoms with Gasteiger partial charge in [-0.25, -0.2) is 4.79 Å². The van der Waals surface area contributed by atoms with Gasteiger partial charge in [-0.05, 0) is 43.0 Å². The van der Waals surface area contributed by atoms with Gasteiger partial charge in [0.1, 0.15) is 29.1 Å². The van der Waals surface area contributed by atoms with E-state index in [1.165, 1.54) is 0 Å². The molecule has 1 unspecified atom stereocenters. The highest BCUT2D eigenvalue weighted by atomic mass is 16.6. The predicted molar refractivity (Wildman–Crippen MR) is 150 cm³/mol. The van der Waals surface area contributed by atoms with Crippen LogP contribution in [0.25, 0.3) is 0 Å². The number of carbonyl (C=O) groups is 1. The van der Waals surface area contributed by atoms with Crippen molar-refractivity contribution >= 4 is 6.09 Å². The normalized spacial score (nSPS) is 28.0. The Morgan fingerprint density at radius 2 is 1.78 bits per heavy atom. The predicted octanol–water partition coefficient (Wildman–Crippen LogP) is 4.04. The van der Waals surface area contributed by atoms with Crippen LogP contribution in [0.15, 0.2) is 66.7 Å². The van der Waals surface area contributed by atoms with Gasteiger partial charge in [-0.3, -0.25) is 0 Å². The van der Waals surface area contributed by atoms with Crippen LogP contribution in [-0.4, -0.2) is 62.0 Å². The molecule has 3 aliphatic rings. The summed E-state index contributed by atoms with van der Waals surface area (Å²) in [5.41, 5.74) is 0.905. The van der Waals surface area contributed by atoms with E-state index in [0.717, 1.165) is 22.4 Å². The van der Waals surface area contributed by atoms with Crippen LogP contribution in [0.4, 0.5) is 4.79 Å². The first-order chi connectivity index (χ1) is 19.9. The van der Waals surface area contributed by atoms with Crippen molar-refractivity contribution in [2.75, 3.05) is 27.4 Å². The summed E-state index contributed by atoms with van der Waals surface area (Å²) in [7, 11) is 3.24. The minimum atomic E-state index is -0.983. The van der Waals surface area contributed by atoms with Gasteiger partial charge >= 0.3 is 6.09 Å². The third-order valence-electron chi connectivity index (χ3n) is 8.87. The number of amides is 1. The topological polar surface area (TPSA) is 116 Å². The van der Waals surface area contributed by atoms with E-state index in [1.807, 2.05) is 54.6 Å². The molecule has 2 heterocycles. The van der Waals surface area contributed by atoms with Gasteiger partial charge in [0, 0.05) is 12.1 Å². The summed E-state index contributed by atoms with van der Waals surface area (Å²) in [6.07, 6.45) is -0.789. The number of benzene rings is 3. The van der Waals surface area contributed by atoms with Crippen LogP contribution >= 0.6 is 0 Å². The first kappa shape index (κ1) is 27.2. The average Bonchev–Trinajstić information content (AvgIpc) is 3.57.